The van der Waals surface area contributed by atoms with E-state index < -0.39 is 6.10 Å². The van der Waals surface area contributed by atoms with E-state index in [9.17, 15) is 14.7 Å². The molecule has 0 bridgehead atoms. The Morgan fingerprint density at radius 2 is 1.67 bits per heavy atom. The number of piperazine rings is 1. The molecule has 0 aliphatic carbocycles. The number of aliphatic hydroxyl groups is 1. The molecule has 0 radical (unpaired) electrons. The molecular weight excluding hydrogens is 268 g/mol. The van der Waals surface area contributed by atoms with E-state index in [1.807, 2.05) is 30.3 Å². The van der Waals surface area contributed by atoms with Crippen LogP contribution in [0.5, 0.6) is 0 Å². The molecule has 1 aliphatic rings. The van der Waals surface area contributed by atoms with Crippen LogP contribution < -0.4 is 0 Å². The van der Waals surface area contributed by atoms with Gasteiger partial charge in [0.25, 0.3) is 5.91 Å². The van der Waals surface area contributed by atoms with E-state index in [0.29, 0.717) is 26.2 Å². The van der Waals surface area contributed by atoms with E-state index in [0.717, 1.165) is 5.56 Å². The molecule has 1 heterocycles. The maximum Gasteiger partial charge on any atom is 0.251 e. The molecule has 1 atom stereocenters. The van der Waals surface area contributed by atoms with Gasteiger partial charge in [0.2, 0.25) is 5.91 Å². The third kappa shape index (κ3) is 4.16. The summed E-state index contributed by atoms with van der Waals surface area (Å²) in [7, 11) is 0. The van der Waals surface area contributed by atoms with Crippen LogP contribution in [0.25, 0.3) is 6.08 Å². The average Bonchev–Trinajstić information content (AvgIpc) is 2.53. The summed E-state index contributed by atoms with van der Waals surface area (Å²) in [5, 5.41) is 9.28. The van der Waals surface area contributed by atoms with Gasteiger partial charge in [-0.2, -0.15) is 0 Å². The molecule has 1 aromatic carbocycles. The molecule has 21 heavy (non-hydrogen) atoms. The second kappa shape index (κ2) is 7.04. The summed E-state index contributed by atoms with van der Waals surface area (Å²) in [6.45, 7) is 3.39. The van der Waals surface area contributed by atoms with Crippen LogP contribution in [-0.2, 0) is 9.59 Å². The maximum absolute atomic E-state index is 12.1. The molecular formula is C16H20N2O3. The Morgan fingerprint density at radius 1 is 1.10 bits per heavy atom. The van der Waals surface area contributed by atoms with Gasteiger partial charge in [-0.15, -0.1) is 0 Å². The van der Waals surface area contributed by atoms with Gasteiger partial charge in [-0.1, -0.05) is 30.3 Å². The first-order valence-corrected chi connectivity index (χ1v) is 7.07. The van der Waals surface area contributed by atoms with Gasteiger partial charge in [0, 0.05) is 32.3 Å². The number of carbonyl (C=O) groups is 2. The van der Waals surface area contributed by atoms with Crippen LogP contribution in [0.1, 0.15) is 12.5 Å². The van der Waals surface area contributed by atoms with Crippen molar-refractivity contribution in [1.29, 1.82) is 0 Å². The number of nitrogens with zero attached hydrogens (tertiary/aromatic N) is 2. The van der Waals surface area contributed by atoms with Crippen molar-refractivity contribution in [2.45, 2.75) is 13.0 Å². The van der Waals surface area contributed by atoms with E-state index in [2.05, 4.69) is 0 Å². The second-order valence-electron chi connectivity index (χ2n) is 5.07. The SMILES string of the molecule is CC(O)C(=O)N1CCN(C(=O)/C=C/c2ccccc2)CC1. The minimum Gasteiger partial charge on any atom is -0.384 e. The first-order valence-electron chi connectivity index (χ1n) is 7.07. The minimum absolute atomic E-state index is 0.0528. The molecule has 0 saturated carbocycles. The third-order valence-electron chi connectivity index (χ3n) is 3.48. The van der Waals surface area contributed by atoms with E-state index in [1.165, 1.54) is 6.92 Å². The predicted molar refractivity (Wildman–Crippen MR) is 80.3 cm³/mol. The van der Waals surface area contributed by atoms with Crippen molar-refractivity contribution in [3.8, 4) is 0 Å². The van der Waals surface area contributed by atoms with Gasteiger partial charge in [-0.25, -0.2) is 0 Å². The lowest BCUT2D eigenvalue weighted by atomic mass is 10.2. The molecule has 2 rings (SSSR count). The standard InChI is InChI=1S/C16H20N2O3/c1-13(19)16(21)18-11-9-17(10-12-18)15(20)8-7-14-5-3-2-4-6-14/h2-8,13,19H,9-12H2,1H3/b8-7+. The Hall–Kier alpha value is -2.14. The van der Waals surface area contributed by atoms with Gasteiger partial charge >= 0.3 is 0 Å². The first kappa shape index (κ1) is 15.3. The number of amides is 2. The molecule has 1 fully saturated rings. The van der Waals surface area contributed by atoms with Crippen LogP contribution in [0.4, 0.5) is 0 Å². The van der Waals surface area contributed by atoms with Crippen molar-refractivity contribution in [2.24, 2.45) is 0 Å². The van der Waals surface area contributed by atoms with Crippen molar-refractivity contribution in [2.75, 3.05) is 26.2 Å². The van der Waals surface area contributed by atoms with Gasteiger partial charge in [0.1, 0.15) is 6.10 Å². The van der Waals surface area contributed by atoms with Crippen molar-refractivity contribution >= 4 is 17.9 Å². The fourth-order valence-corrected chi connectivity index (χ4v) is 2.25. The lowest BCUT2D eigenvalue weighted by Crippen LogP contribution is -2.52. The summed E-state index contributed by atoms with van der Waals surface area (Å²) in [6.07, 6.45) is 2.36. The predicted octanol–water partition coefficient (Wildman–Crippen LogP) is 0.751. The van der Waals surface area contributed by atoms with Gasteiger partial charge in [0.05, 0.1) is 0 Å². The molecule has 1 saturated heterocycles. The molecule has 0 aromatic heterocycles. The summed E-state index contributed by atoms with van der Waals surface area (Å²) in [5.41, 5.74) is 0.980. The molecule has 1 N–H and O–H groups in total. The van der Waals surface area contributed by atoms with E-state index >= 15 is 0 Å². The normalized spacial score (nSPS) is 17.0. The van der Waals surface area contributed by atoms with Crippen molar-refractivity contribution in [3.05, 3.63) is 42.0 Å². The van der Waals surface area contributed by atoms with Crippen molar-refractivity contribution < 1.29 is 14.7 Å². The van der Waals surface area contributed by atoms with E-state index in [-0.39, 0.29) is 11.8 Å². The van der Waals surface area contributed by atoms with Crippen molar-refractivity contribution in [1.82, 2.24) is 9.80 Å². The summed E-state index contributed by atoms with van der Waals surface area (Å²) in [4.78, 5) is 27.0. The number of hydrogen-bond donors (Lipinski definition) is 1. The number of rotatable bonds is 3. The van der Waals surface area contributed by atoms with E-state index in [4.69, 9.17) is 0 Å². The molecule has 0 spiro atoms. The summed E-state index contributed by atoms with van der Waals surface area (Å²) >= 11 is 0. The third-order valence-corrected chi connectivity index (χ3v) is 3.48. The topological polar surface area (TPSA) is 60.9 Å². The van der Waals surface area contributed by atoms with E-state index in [1.54, 1.807) is 22.0 Å². The second-order valence-corrected chi connectivity index (χ2v) is 5.07. The number of carbonyl (C=O) groups excluding carboxylic acids is 2. The largest absolute Gasteiger partial charge is 0.384 e. The lowest BCUT2D eigenvalue weighted by Gasteiger charge is -2.34. The fourth-order valence-electron chi connectivity index (χ4n) is 2.25. The average molecular weight is 288 g/mol. The summed E-state index contributed by atoms with van der Waals surface area (Å²) < 4.78 is 0. The van der Waals surface area contributed by atoms with Gasteiger partial charge < -0.3 is 14.9 Å². The number of hydrogen-bond acceptors (Lipinski definition) is 3. The Morgan fingerprint density at radius 3 is 2.24 bits per heavy atom. The highest BCUT2D eigenvalue weighted by atomic mass is 16.3. The molecule has 112 valence electrons. The smallest absolute Gasteiger partial charge is 0.251 e. The zero-order chi connectivity index (χ0) is 15.2. The van der Waals surface area contributed by atoms with Crippen LogP contribution in [0.15, 0.2) is 36.4 Å². The van der Waals surface area contributed by atoms with Crippen LogP contribution in [0.3, 0.4) is 0 Å². The Balaban J connectivity index is 1.86. The highest BCUT2D eigenvalue weighted by molar-refractivity contribution is 5.92. The van der Waals surface area contributed by atoms with Crippen molar-refractivity contribution in [3.63, 3.8) is 0 Å². The molecule has 2 amide bonds. The highest BCUT2D eigenvalue weighted by Gasteiger charge is 2.25. The summed E-state index contributed by atoms with van der Waals surface area (Å²) in [5.74, 6) is -0.329. The molecule has 1 aliphatic heterocycles. The Bertz CT molecular complexity index is 518. The van der Waals surface area contributed by atoms with Gasteiger partial charge in [-0.3, -0.25) is 9.59 Å². The Kier molecular flexibility index (Phi) is 5.11. The Labute approximate surface area is 124 Å². The van der Waals surface area contributed by atoms with Crippen LogP contribution >= 0.6 is 0 Å². The maximum atomic E-state index is 12.1. The summed E-state index contributed by atoms with van der Waals surface area (Å²) in [6, 6.07) is 9.64. The molecule has 1 aromatic rings. The monoisotopic (exact) mass is 288 g/mol. The lowest BCUT2D eigenvalue weighted by molar-refractivity contribution is -0.143. The quantitative estimate of drug-likeness (QED) is 0.835. The number of benzene rings is 1. The molecule has 5 nitrogen and oxygen atoms in total. The fraction of sp³-hybridized carbons (Fsp3) is 0.375. The van der Waals surface area contributed by atoms with Gasteiger partial charge in [0.15, 0.2) is 0 Å². The van der Waals surface area contributed by atoms with Crippen LogP contribution in [0, 0.1) is 0 Å². The zero-order valence-corrected chi connectivity index (χ0v) is 12.1. The van der Waals surface area contributed by atoms with Crippen LogP contribution in [-0.4, -0.2) is 59.0 Å². The first-order chi connectivity index (χ1) is 10.1. The highest BCUT2D eigenvalue weighted by Crippen LogP contribution is 2.07. The molecule has 1 unspecified atom stereocenters. The van der Waals surface area contributed by atoms with Gasteiger partial charge in [-0.05, 0) is 18.6 Å². The minimum atomic E-state index is -0.981. The molecule has 5 heteroatoms. The number of aliphatic hydroxyl groups excluding tert-OH is 1. The van der Waals surface area contributed by atoms with Crippen LogP contribution in [0.2, 0.25) is 0 Å². The zero-order valence-electron chi connectivity index (χ0n) is 12.1.